The van der Waals surface area contributed by atoms with E-state index < -0.39 is 5.97 Å². The number of nitrogens with zero attached hydrogens (tertiary/aromatic N) is 1. The van der Waals surface area contributed by atoms with Gasteiger partial charge in [-0.05, 0) is 48.6 Å². The summed E-state index contributed by atoms with van der Waals surface area (Å²) in [6, 6.07) is 12.5. The third-order valence-electron chi connectivity index (χ3n) is 4.50. The van der Waals surface area contributed by atoms with E-state index in [4.69, 9.17) is 23.2 Å². The predicted molar refractivity (Wildman–Crippen MR) is 102 cm³/mol. The Labute approximate surface area is 162 Å². The lowest BCUT2D eigenvalue weighted by Crippen LogP contribution is -2.32. The van der Waals surface area contributed by atoms with E-state index in [1.165, 1.54) is 0 Å². The third kappa shape index (κ3) is 4.57. The van der Waals surface area contributed by atoms with Crippen molar-refractivity contribution in [1.29, 1.82) is 0 Å². The van der Waals surface area contributed by atoms with E-state index in [9.17, 15) is 14.7 Å². The smallest absolute Gasteiger partial charge is 0.335 e. The van der Waals surface area contributed by atoms with Crippen LogP contribution in [-0.2, 0) is 17.8 Å². The molecule has 2 aromatic rings. The van der Waals surface area contributed by atoms with Crippen LogP contribution in [0, 0.1) is 0 Å². The van der Waals surface area contributed by atoms with Crippen LogP contribution < -0.4 is 0 Å². The van der Waals surface area contributed by atoms with E-state index in [-0.39, 0.29) is 23.9 Å². The summed E-state index contributed by atoms with van der Waals surface area (Å²) in [5.41, 5.74) is 1.87. The van der Waals surface area contributed by atoms with Crippen molar-refractivity contribution in [2.24, 2.45) is 0 Å². The van der Waals surface area contributed by atoms with Crippen LogP contribution in [0.4, 0.5) is 0 Å². The number of benzene rings is 2. The molecule has 6 heteroatoms. The Balaban J connectivity index is 1.68. The van der Waals surface area contributed by atoms with E-state index in [0.717, 1.165) is 18.4 Å². The second-order valence-electron chi connectivity index (χ2n) is 6.46. The quantitative estimate of drug-likeness (QED) is 0.735. The maximum Gasteiger partial charge on any atom is 0.335 e. The zero-order valence-corrected chi connectivity index (χ0v) is 15.6. The fourth-order valence-corrected chi connectivity index (χ4v) is 3.29. The van der Waals surface area contributed by atoms with E-state index in [0.29, 0.717) is 28.6 Å². The van der Waals surface area contributed by atoms with Gasteiger partial charge >= 0.3 is 5.97 Å². The van der Waals surface area contributed by atoms with Gasteiger partial charge in [0.1, 0.15) is 0 Å². The van der Waals surface area contributed by atoms with Gasteiger partial charge in [-0.3, -0.25) is 4.79 Å². The molecule has 1 aliphatic carbocycles. The molecule has 0 unspecified atom stereocenters. The minimum Gasteiger partial charge on any atom is -0.478 e. The maximum absolute atomic E-state index is 12.8. The second-order valence-corrected chi connectivity index (χ2v) is 7.28. The largest absolute Gasteiger partial charge is 0.478 e. The highest BCUT2D eigenvalue weighted by Crippen LogP contribution is 2.30. The zero-order valence-electron chi connectivity index (χ0n) is 14.1. The van der Waals surface area contributed by atoms with Gasteiger partial charge in [0.25, 0.3) is 0 Å². The summed E-state index contributed by atoms with van der Waals surface area (Å²) >= 11 is 12.0. The van der Waals surface area contributed by atoms with E-state index >= 15 is 0 Å². The van der Waals surface area contributed by atoms with Crippen molar-refractivity contribution in [1.82, 2.24) is 4.90 Å². The number of hydrogen-bond donors (Lipinski definition) is 1. The van der Waals surface area contributed by atoms with Crippen molar-refractivity contribution in [3.05, 3.63) is 69.2 Å². The number of aromatic carboxylic acids is 1. The van der Waals surface area contributed by atoms with Gasteiger partial charge in [-0.25, -0.2) is 4.79 Å². The molecule has 2 aromatic carbocycles. The molecule has 1 amide bonds. The van der Waals surface area contributed by atoms with Crippen molar-refractivity contribution in [3.63, 3.8) is 0 Å². The standard InChI is InChI=1S/C20H19Cl2NO3/c21-17-9-5-13(11-18(17)22)12-23(15-7-8-15)19(24)10-6-14-3-1-2-4-16(14)20(25)26/h1-5,9,11,15H,6-8,10,12H2,(H,25,26). The highest BCUT2D eigenvalue weighted by molar-refractivity contribution is 6.42. The van der Waals surface area contributed by atoms with Crippen LogP contribution in [0.5, 0.6) is 0 Å². The summed E-state index contributed by atoms with van der Waals surface area (Å²) in [4.78, 5) is 25.9. The molecule has 0 spiro atoms. The number of carbonyl (C=O) groups is 2. The highest BCUT2D eigenvalue weighted by Gasteiger charge is 2.32. The molecule has 1 saturated carbocycles. The number of amides is 1. The number of carbonyl (C=O) groups excluding carboxylic acids is 1. The molecule has 1 fully saturated rings. The Morgan fingerprint density at radius 2 is 1.81 bits per heavy atom. The monoisotopic (exact) mass is 391 g/mol. The van der Waals surface area contributed by atoms with Gasteiger partial charge in [-0.1, -0.05) is 47.5 Å². The summed E-state index contributed by atoms with van der Waals surface area (Å²) in [6.07, 6.45) is 2.69. The lowest BCUT2D eigenvalue weighted by molar-refractivity contribution is -0.132. The van der Waals surface area contributed by atoms with Gasteiger partial charge in [0, 0.05) is 19.0 Å². The first kappa shape index (κ1) is 18.7. The van der Waals surface area contributed by atoms with Crippen molar-refractivity contribution in [2.45, 2.75) is 38.3 Å². The SMILES string of the molecule is O=C(O)c1ccccc1CCC(=O)N(Cc1ccc(Cl)c(Cl)c1)C1CC1. The van der Waals surface area contributed by atoms with Crippen molar-refractivity contribution >= 4 is 35.1 Å². The molecule has 0 bridgehead atoms. The van der Waals surface area contributed by atoms with Crippen molar-refractivity contribution in [3.8, 4) is 0 Å². The Morgan fingerprint density at radius 1 is 1.08 bits per heavy atom. The highest BCUT2D eigenvalue weighted by atomic mass is 35.5. The topological polar surface area (TPSA) is 57.6 Å². The molecule has 0 radical (unpaired) electrons. The first-order chi connectivity index (χ1) is 12.5. The van der Waals surface area contributed by atoms with Gasteiger partial charge in [-0.15, -0.1) is 0 Å². The van der Waals surface area contributed by atoms with E-state index in [1.54, 1.807) is 36.4 Å². The minimum atomic E-state index is -0.970. The van der Waals surface area contributed by atoms with Crippen molar-refractivity contribution < 1.29 is 14.7 Å². The first-order valence-electron chi connectivity index (χ1n) is 8.50. The molecule has 0 saturated heterocycles. The number of carboxylic acid groups (broad SMARTS) is 1. The molecule has 3 rings (SSSR count). The summed E-state index contributed by atoms with van der Waals surface area (Å²) < 4.78 is 0. The van der Waals surface area contributed by atoms with Crippen LogP contribution in [0.1, 0.15) is 40.7 Å². The summed E-state index contributed by atoms with van der Waals surface area (Å²) in [6.45, 7) is 0.487. The number of hydrogen-bond acceptors (Lipinski definition) is 2. The van der Waals surface area contributed by atoms with Crippen LogP contribution in [0.25, 0.3) is 0 Å². The number of halogens is 2. The average Bonchev–Trinajstić information content (AvgIpc) is 3.45. The number of rotatable bonds is 7. The molecule has 0 atom stereocenters. The molecule has 1 N–H and O–H groups in total. The van der Waals surface area contributed by atoms with Gasteiger partial charge in [0.15, 0.2) is 0 Å². The Morgan fingerprint density at radius 3 is 2.46 bits per heavy atom. The van der Waals surface area contributed by atoms with Crippen LogP contribution in [0.15, 0.2) is 42.5 Å². The van der Waals surface area contributed by atoms with Crippen LogP contribution in [0.2, 0.25) is 10.0 Å². The van der Waals surface area contributed by atoms with Gasteiger partial charge in [-0.2, -0.15) is 0 Å². The fraction of sp³-hybridized carbons (Fsp3) is 0.300. The molecule has 0 heterocycles. The molecule has 1 aliphatic rings. The van der Waals surface area contributed by atoms with Gasteiger partial charge in [0.05, 0.1) is 15.6 Å². The van der Waals surface area contributed by atoms with Gasteiger partial charge < -0.3 is 10.0 Å². The number of aryl methyl sites for hydroxylation is 1. The summed E-state index contributed by atoms with van der Waals surface area (Å²) in [5, 5.41) is 10.2. The molecular formula is C20H19Cl2NO3. The van der Waals surface area contributed by atoms with E-state index in [2.05, 4.69) is 0 Å². The Bertz CT molecular complexity index is 834. The fourth-order valence-electron chi connectivity index (χ4n) is 2.97. The minimum absolute atomic E-state index is 0.0266. The zero-order chi connectivity index (χ0) is 18.7. The molecule has 4 nitrogen and oxygen atoms in total. The molecule has 26 heavy (non-hydrogen) atoms. The van der Waals surface area contributed by atoms with Crippen LogP contribution in [0.3, 0.4) is 0 Å². The second kappa shape index (κ2) is 8.11. The average molecular weight is 392 g/mol. The van der Waals surface area contributed by atoms with Gasteiger partial charge in [0.2, 0.25) is 5.91 Å². The predicted octanol–water partition coefficient (Wildman–Crippen LogP) is 4.82. The summed E-state index contributed by atoms with van der Waals surface area (Å²) in [5.74, 6) is -0.943. The van der Waals surface area contributed by atoms with Crippen LogP contribution >= 0.6 is 23.2 Å². The van der Waals surface area contributed by atoms with E-state index in [1.807, 2.05) is 11.0 Å². The Kier molecular flexibility index (Phi) is 5.84. The van der Waals surface area contributed by atoms with Crippen LogP contribution in [-0.4, -0.2) is 27.9 Å². The maximum atomic E-state index is 12.8. The molecule has 0 aliphatic heterocycles. The first-order valence-corrected chi connectivity index (χ1v) is 9.26. The normalized spacial score (nSPS) is 13.5. The number of carboxylic acids is 1. The lowest BCUT2D eigenvalue weighted by Gasteiger charge is -2.23. The summed E-state index contributed by atoms with van der Waals surface area (Å²) in [7, 11) is 0. The molecular weight excluding hydrogens is 373 g/mol. The van der Waals surface area contributed by atoms with Crippen molar-refractivity contribution in [2.75, 3.05) is 0 Å². The molecule has 136 valence electrons. The Hall–Kier alpha value is -2.04. The lowest BCUT2D eigenvalue weighted by atomic mass is 10.0. The third-order valence-corrected chi connectivity index (χ3v) is 5.24. The molecule has 0 aromatic heterocycles.